The van der Waals surface area contributed by atoms with Gasteiger partial charge < -0.3 is 5.32 Å². The Balaban J connectivity index is 1.74. The smallest absolute Gasteiger partial charge is 0.00835 e. The third kappa shape index (κ3) is 2.72. The maximum atomic E-state index is 3.77. The van der Waals surface area contributed by atoms with Gasteiger partial charge in [0.1, 0.15) is 0 Å². The maximum Gasteiger partial charge on any atom is 0.00835 e. The maximum absolute atomic E-state index is 3.77. The average molecular weight is 257 g/mol. The summed E-state index contributed by atoms with van der Waals surface area (Å²) >= 11 is 0. The van der Waals surface area contributed by atoms with E-state index in [1.165, 1.54) is 32.2 Å². The van der Waals surface area contributed by atoms with Crippen LogP contribution in [0.15, 0.2) is 30.3 Å². The summed E-state index contributed by atoms with van der Waals surface area (Å²) < 4.78 is 0. The van der Waals surface area contributed by atoms with Crippen molar-refractivity contribution < 1.29 is 0 Å². The van der Waals surface area contributed by atoms with Crippen LogP contribution < -0.4 is 5.32 Å². The van der Waals surface area contributed by atoms with E-state index < -0.39 is 0 Å². The lowest BCUT2D eigenvalue weighted by Crippen LogP contribution is -2.52. The van der Waals surface area contributed by atoms with Gasteiger partial charge in [-0.2, -0.15) is 0 Å². The van der Waals surface area contributed by atoms with E-state index in [9.17, 15) is 0 Å². The van der Waals surface area contributed by atoms with Crippen molar-refractivity contribution in [2.75, 3.05) is 6.54 Å². The zero-order valence-corrected chi connectivity index (χ0v) is 12.6. The number of hydrogen-bond acceptors (Lipinski definition) is 1. The van der Waals surface area contributed by atoms with E-state index >= 15 is 0 Å². The molecule has 0 aromatic heterocycles. The normalized spacial score (nSPS) is 31.0. The van der Waals surface area contributed by atoms with E-state index in [1.807, 2.05) is 0 Å². The summed E-state index contributed by atoms with van der Waals surface area (Å²) in [5.74, 6) is 0.869. The topological polar surface area (TPSA) is 12.0 Å². The summed E-state index contributed by atoms with van der Waals surface area (Å²) in [4.78, 5) is 0. The molecule has 0 bridgehead atoms. The summed E-state index contributed by atoms with van der Waals surface area (Å²) in [6.45, 7) is 8.34. The van der Waals surface area contributed by atoms with Crippen LogP contribution in [-0.2, 0) is 5.41 Å². The second-order valence-corrected chi connectivity index (χ2v) is 7.77. The van der Waals surface area contributed by atoms with Crippen molar-refractivity contribution in [1.29, 1.82) is 0 Å². The molecule has 2 aliphatic rings. The van der Waals surface area contributed by atoms with Crippen LogP contribution in [0.25, 0.3) is 0 Å². The Morgan fingerprint density at radius 2 is 1.74 bits per heavy atom. The highest BCUT2D eigenvalue weighted by Gasteiger charge is 2.49. The molecule has 2 fully saturated rings. The second-order valence-electron chi connectivity index (χ2n) is 7.77. The molecular formula is C18H27N. The summed E-state index contributed by atoms with van der Waals surface area (Å²) in [5, 5.41) is 3.77. The van der Waals surface area contributed by atoms with E-state index in [1.54, 1.807) is 5.56 Å². The lowest BCUT2D eigenvalue weighted by atomic mass is 9.52. The molecule has 1 aromatic rings. The van der Waals surface area contributed by atoms with Gasteiger partial charge in [0, 0.05) is 18.0 Å². The van der Waals surface area contributed by atoms with Crippen molar-refractivity contribution in [2.45, 2.75) is 57.9 Å². The van der Waals surface area contributed by atoms with Crippen LogP contribution in [0.4, 0.5) is 0 Å². The predicted octanol–water partition coefficient (Wildman–Crippen LogP) is 4.13. The molecule has 0 radical (unpaired) electrons. The molecular weight excluding hydrogens is 230 g/mol. The Hall–Kier alpha value is -0.820. The van der Waals surface area contributed by atoms with Gasteiger partial charge in [-0.05, 0) is 42.6 Å². The molecule has 0 heterocycles. The zero-order chi connectivity index (χ0) is 13.5. The Morgan fingerprint density at radius 1 is 1.11 bits per heavy atom. The third-order valence-electron chi connectivity index (χ3n) is 5.19. The largest absolute Gasteiger partial charge is 0.313 e. The number of nitrogens with one attached hydrogen (secondary N) is 1. The molecule has 1 N–H and O–H groups in total. The first-order valence-corrected chi connectivity index (χ1v) is 7.79. The standard InChI is InChI=1S/C18H27N/c1-17(2,3)15-11-18(12-15,13-19-16-9-10-16)14-7-5-4-6-8-14/h4-8,15-16,19H,9-13H2,1-3H3. The summed E-state index contributed by atoms with van der Waals surface area (Å²) in [7, 11) is 0. The van der Waals surface area contributed by atoms with Crippen molar-refractivity contribution >= 4 is 0 Å². The van der Waals surface area contributed by atoms with Crippen molar-refractivity contribution in [3.63, 3.8) is 0 Å². The molecule has 1 heteroatoms. The lowest BCUT2D eigenvalue weighted by molar-refractivity contribution is 0.0446. The number of hydrogen-bond donors (Lipinski definition) is 1. The van der Waals surface area contributed by atoms with E-state index in [4.69, 9.17) is 0 Å². The number of benzene rings is 1. The van der Waals surface area contributed by atoms with Crippen molar-refractivity contribution in [1.82, 2.24) is 5.32 Å². The Kier molecular flexibility index (Phi) is 3.21. The van der Waals surface area contributed by atoms with E-state index in [0.29, 0.717) is 10.8 Å². The molecule has 0 saturated heterocycles. The summed E-state index contributed by atoms with van der Waals surface area (Å²) in [6.07, 6.45) is 5.46. The Labute approximate surface area is 117 Å². The first kappa shape index (κ1) is 13.2. The first-order chi connectivity index (χ1) is 9.00. The van der Waals surface area contributed by atoms with Gasteiger partial charge in [-0.1, -0.05) is 51.1 Å². The van der Waals surface area contributed by atoms with Crippen LogP contribution in [0.1, 0.15) is 52.0 Å². The van der Waals surface area contributed by atoms with Gasteiger partial charge >= 0.3 is 0 Å². The third-order valence-corrected chi connectivity index (χ3v) is 5.19. The highest BCUT2D eigenvalue weighted by molar-refractivity contribution is 5.30. The van der Waals surface area contributed by atoms with Gasteiger partial charge in [0.2, 0.25) is 0 Å². The molecule has 104 valence electrons. The van der Waals surface area contributed by atoms with Gasteiger partial charge in [0.05, 0.1) is 0 Å². The molecule has 2 saturated carbocycles. The monoisotopic (exact) mass is 257 g/mol. The van der Waals surface area contributed by atoms with Crippen LogP contribution in [0, 0.1) is 11.3 Å². The highest BCUT2D eigenvalue weighted by Crippen LogP contribution is 2.54. The molecule has 0 unspecified atom stereocenters. The van der Waals surface area contributed by atoms with Gasteiger partial charge in [-0.3, -0.25) is 0 Å². The lowest BCUT2D eigenvalue weighted by Gasteiger charge is -2.53. The van der Waals surface area contributed by atoms with Crippen LogP contribution in [0.2, 0.25) is 0 Å². The number of rotatable bonds is 4. The second kappa shape index (κ2) is 4.63. The van der Waals surface area contributed by atoms with Gasteiger partial charge in [0.25, 0.3) is 0 Å². The van der Waals surface area contributed by atoms with Crippen LogP contribution in [0.3, 0.4) is 0 Å². The molecule has 3 rings (SSSR count). The molecule has 0 amide bonds. The minimum Gasteiger partial charge on any atom is -0.313 e. The van der Waals surface area contributed by atoms with Crippen molar-refractivity contribution in [2.24, 2.45) is 11.3 Å². The quantitative estimate of drug-likeness (QED) is 0.855. The molecule has 19 heavy (non-hydrogen) atoms. The van der Waals surface area contributed by atoms with Crippen molar-refractivity contribution in [3.05, 3.63) is 35.9 Å². The van der Waals surface area contributed by atoms with Gasteiger partial charge in [0.15, 0.2) is 0 Å². The minimum absolute atomic E-state index is 0.405. The molecule has 0 spiro atoms. The summed E-state index contributed by atoms with van der Waals surface area (Å²) in [5.41, 5.74) is 2.41. The van der Waals surface area contributed by atoms with E-state index in [0.717, 1.165) is 12.0 Å². The summed E-state index contributed by atoms with van der Waals surface area (Å²) in [6, 6.07) is 12.0. The first-order valence-electron chi connectivity index (χ1n) is 7.79. The van der Waals surface area contributed by atoms with Gasteiger partial charge in [-0.25, -0.2) is 0 Å². The molecule has 1 aromatic carbocycles. The molecule has 1 nitrogen and oxygen atoms in total. The van der Waals surface area contributed by atoms with Crippen LogP contribution in [-0.4, -0.2) is 12.6 Å². The van der Waals surface area contributed by atoms with Crippen molar-refractivity contribution in [3.8, 4) is 0 Å². The molecule has 2 aliphatic carbocycles. The average Bonchev–Trinajstić information content (AvgIpc) is 3.11. The van der Waals surface area contributed by atoms with Crippen LogP contribution >= 0.6 is 0 Å². The highest BCUT2D eigenvalue weighted by atomic mass is 15.0. The van der Waals surface area contributed by atoms with Crippen LogP contribution in [0.5, 0.6) is 0 Å². The Bertz CT molecular complexity index is 419. The SMILES string of the molecule is CC(C)(C)C1CC(CNC2CC2)(c2ccccc2)C1. The molecule has 0 atom stereocenters. The zero-order valence-electron chi connectivity index (χ0n) is 12.6. The fourth-order valence-corrected chi connectivity index (χ4v) is 3.40. The fourth-order valence-electron chi connectivity index (χ4n) is 3.40. The fraction of sp³-hybridized carbons (Fsp3) is 0.667. The van der Waals surface area contributed by atoms with Gasteiger partial charge in [-0.15, -0.1) is 0 Å². The van der Waals surface area contributed by atoms with E-state index in [-0.39, 0.29) is 0 Å². The molecule has 0 aliphatic heterocycles. The minimum atomic E-state index is 0.405. The van der Waals surface area contributed by atoms with E-state index in [2.05, 4.69) is 56.4 Å². The Morgan fingerprint density at radius 3 is 2.26 bits per heavy atom. The predicted molar refractivity (Wildman–Crippen MR) is 81.3 cm³/mol.